The van der Waals surface area contributed by atoms with E-state index in [0.717, 1.165) is 35.5 Å². The third-order valence-electron chi connectivity index (χ3n) is 7.05. The number of fused-ring (bicyclic) bond motifs is 4. The lowest BCUT2D eigenvalue weighted by molar-refractivity contribution is -0.949. The molecule has 0 aliphatic carbocycles. The summed E-state index contributed by atoms with van der Waals surface area (Å²) in [7, 11) is 0. The number of aromatic carboxylic acids is 2. The van der Waals surface area contributed by atoms with Crippen molar-refractivity contribution >= 4 is 22.8 Å². The third-order valence-corrected chi connectivity index (χ3v) is 7.05. The van der Waals surface area contributed by atoms with Gasteiger partial charge < -0.3 is 25.0 Å². The predicted molar refractivity (Wildman–Crippen MR) is 125 cm³/mol. The molecule has 3 aliphatic rings. The lowest BCUT2D eigenvalue weighted by Gasteiger charge is -2.47. The van der Waals surface area contributed by atoms with Crippen LogP contribution in [-0.2, 0) is 0 Å². The van der Waals surface area contributed by atoms with Gasteiger partial charge in [-0.15, -0.1) is 6.58 Å². The summed E-state index contributed by atoms with van der Waals surface area (Å²) < 4.78 is 0. The van der Waals surface area contributed by atoms with E-state index in [2.05, 4.69) is 23.7 Å². The summed E-state index contributed by atoms with van der Waals surface area (Å²) >= 11 is 0. The van der Waals surface area contributed by atoms with Gasteiger partial charge in [0.25, 0.3) is 0 Å². The van der Waals surface area contributed by atoms with Crippen LogP contribution in [-0.4, -0.2) is 46.3 Å². The minimum absolute atomic E-state index is 0.0586. The van der Waals surface area contributed by atoms with Crippen molar-refractivity contribution in [1.82, 2.24) is 4.98 Å². The Labute approximate surface area is 198 Å². The number of aliphatic hydroxyl groups is 1. The van der Waals surface area contributed by atoms with Gasteiger partial charge in [0.2, 0.25) is 0 Å². The quantitative estimate of drug-likeness (QED) is 0.497. The predicted octanol–water partition coefficient (Wildman–Crippen LogP) is 1.50. The van der Waals surface area contributed by atoms with Crippen molar-refractivity contribution < 1.29 is 29.8 Å². The third kappa shape index (κ3) is 4.85. The van der Waals surface area contributed by atoms with Crippen LogP contribution in [0.1, 0.15) is 45.2 Å². The Morgan fingerprint density at radius 2 is 1.91 bits per heavy atom. The molecule has 176 valence electrons. The number of aliphatic hydroxyl groups excluding tert-OH is 1. The highest BCUT2D eigenvalue weighted by molar-refractivity contribution is 5.92. The number of carbonyl (C=O) groups is 2. The number of quaternary nitrogens is 1. The Kier molecular flexibility index (Phi) is 7.05. The van der Waals surface area contributed by atoms with Gasteiger partial charge in [-0.25, -0.2) is 4.79 Å². The Balaban J connectivity index is 0.000000195. The van der Waals surface area contributed by atoms with Gasteiger partial charge in [0.05, 0.1) is 30.1 Å². The van der Waals surface area contributed by atoms with Gasteiger partial charge in [-0.05, 0) is 41.3 Å². The number of carboxylic acids is 2. The minimum atomic E-state index is -1.38. The maximum absolute atomic E-state index is 11.0. The molecule has 7 nitrogen and oxygen atoms in total. The van der Waals surface area contributed by atoms with Crippen molar-refractivity contribution in [3.63, 3.8) is 0 Å². The molecule has 3 N–H and O–H groups in total. The Morgan fingerprint density at radius 3 is 2.59 bits per heavy atom. The molecule has 4 heterocycles. The second-order valence-electron chi connectivity index (χ2n) is 8.94. The van der Waals surface area contributed by atoms with Gasteiger partial charge in [-0.1, -0.05) is 36.4 Å². The molecular weight excluding hydrogens is 432 g/mol. The molecule has 0 radical (unpaired) electrons. The van der Waals surface area contributed by atoms with Crippen LogP contribution in [0, 0.1) is 11.8 Å². The second-order valence-corrected chi connectivity index (χ2v) is 8.94. The highest BCUT2D eigenvalue weighted by Gasteiger charge is 2.45. The van der Waals surface area contributed by atoms with Crippen LogP contribution < -0.4 is 10.0 Å². The van der Waals surface area contributed by atoms with E-state index in [0.29, 0.717) is 17.9 Å². The molecule has 3 aliphatic heterocycles. The Bertz CT molecular complexity index is 1180. The van der Waals surface area contributed by atoms with E-state index in [4.69, 9.17) is 5.11 Å². The van der Waals surface area contributed by atoms with Crippen molar-refractivity contribution in [2.45, 2.75) is 25.0 Å². The number of hydrogen-bond acceptors (Lipinski definition) is 5. The summed E-state index contributed by atoms with van der Waals surface area (Å²) in [5.41, 5.74) is 1.81. The van der Waals surface area contributed by atoms with Crippen LogP contribution in [0.25, 0.3) is 10.9 Å². The lowest BCUT2D eigenvalue weighted by Crippen LogP contribution is -3.20. The summed E-state index contributed by atoms with van der Waals surface area (Å²) in [5.74, 6) is -1.21. The van der Waals surface area contributed by atoms with Gasteiger partial charge in [0.15, 0.2) is 0 Å². The fraction of sp³-hybridized carbons (Fsp3) is 0.296. The van der Waals surface area contributed by atoms with Crippen molar-refractivity contribution in [3.05, 3.63) is 90.1 Å². The molecule has 0 amide bonds. The van der Waals surface area contributed by atoms with Gasteiger partial charge in [0.1, 0.15) is 12.1 Å². The number of nitrogens with zero attached hydrogens (tertiary/aromatic N) is 1. The Morgan fingerprint density at radius 1 is 1.15 bits per heavy atom. The molecule has 2 bridgehead atoms. The van der Waals surface area contributed by atoms with Crippen LogP contribution in [0.3, 0.4) is 0 Å². The van der Waals surface area contributed by atoms with E-state index in [9.17, 15) is 19.8 Å². The maximum Gasteiger partial charge on any atom is 0.335 e. The first-order chi connectivity index (χ1) is 16.4. The number of hydrogen-bond donors (Lipinski definition) is 3. The van der Waals surface area contributed by atoms with Crippen molar-refractivity contribution in [1.29, 1.82) is 0 Å². The summed E-state index contributed by atoms with van der Waals surface area (Å²) in [6.45, 7) is 6.29. The number of carboxylic acid groups (broad SMARTS) is 2. The maximum atomic E-state index is 11.0. The molecular formula is C27H28N2O5. The molecule has 5 atom stereocenters. The number of benzene rings is 2. The van der Waals surface area contributed by atoms with E-state index in [-0.39, 0.29) is 11.1 Å². The molecule has 34 heavy (non-hydrogen) atoms. The zero-order valence-corrected chi connectivity index (χ0v) is 18.8. The highest BCUT2D eigenvalue weighted by Crippen LogP contribution is 2.33. The smallest absolute Gasteiger partial charge is 0.335 e. The molecule has 1 aromatic heterocycles. The SMILES string of the molecule is C=C[C@H]1C[NH+]2CC[C@H]1C[C@@H]2[C@@H](O)c1ccnc2ccccc12.O=C([O-])c1cccc(C(=O)O)c1. The number of piperidine rings is 3. The largest absolute Gasteiger partial charge is 0.545 e. The standard InChI is InChI=1S/C19H22N2O.C8H6O4/c1-2-13-12-21-10-8-14(13)11-18(21)19(22)16-7-9-20-17-6-4-3-5-15(16)17;9-7(10)5-2-1-3-6(4-5)8(11)12/h2-7,9,13-14,18-19,22H,1,8,10-12H2;1-4H,(H,9,10)(H,11,12)/t13-,14-,18+,19-;/m0./s1. The minimum Gasteiger partial charge on any atom is -0.545 e. The molecule has 3 aromatic rings. The van der Waals surface area contributed by atoms with Crippen molar-refractivity contribution in [2.75, 3.05) is 13.1 Å². The first kappa shape index (κ1) is 23.6. The number of pyridine rings is 1. The molecule has 0 saturated carbocycles. The summed E-state index contributed by atoms with van der Waals surface area (Å²) in [6.07, 6.45) is 5.90. The van der Waals surface area contributed by atoms with Crippen LogP contribution >= 0.6 is 0 Å². The number of aromatic nitrogens is 1. The van der Waals surface area contributed by atoms with Crippen LogP contribution in [0.5, 0.6) is 0 Å². The molecule has 6 rings (SSSR count). The molecule has 3 saturated heterocycles. The van der Waals surface area contributed by atoms with E-state index >= 15 is 0 Å². The van der Waals surface area contributed by atoms with Gasteiger partial charge in [-0.2, -0.15) is 0 Å². The van der Waals surface area contributed by atoms with Gasteiger partial charge in [0, 0.05) is 30.3 Å². The summed E-state index contributed by atoms with van der Waals surface area (Å²) in [4.78, 5) is 26.6. The number of rotatable bonds is 5. The lowest BCUT2D eigenvalue weighted by atomic mass is 9.73. The molecule has 1 unspecified atom stereocenters. The zero-order valence-electron chi connectivity index (χ0n) is 18.8. The number of para-hydroxylation sites is 1. The van der Waals surface area contributed by atoms with Gasteiger partial charge in [-0.3, -0.25) is 4.98 Å². The first-order valence-corrected chi connectivity index (χ1v) is 11.4. The van der Waals surface area contributed by atoms with E-state index in [1.165, 1.54) is 31.2 Å². The van der Waals surface area contributed by atoms with E-state index in [1.807, 2.05) is 30.5 Å². The summed E-state index contributed by atoms with van der Waals surface area (Å²) in [5, 5.41) is 30.9. The Hall–Kier alpha value is -3.55. The number of carbonyl (C=O) groups excluding carboxylic acids is 1. The van der Waals surface area contributed by atoms with Gasteiger partial charge >= 0.3 is 5.97 Å². The monoisotopic (exact) mass is 460 g/mol. The summed E-state index contributed by atoms with van der Waals surface area (Å²) in [6, 6.07) is 15.4. The first-order valence-electron chi connectivity index (χ1n) is 11.4. The fourth-order valence-electron chi connectivity index (χ4n) is 5.28. The number of nitrogens with one attached hydrogen (secondary N) is 1. The molecule has 2 aromatic carbocycles. The zero-order chi connectivity index (χ0) is 24.2. The van der Waals surface area contributed by atoms with E-state index < -0.39 is 18.0 Å². The van der Waals surface area contributed by atoms with Crippen LogP contribution in [0.15, 0.2) is 73.4 Å². The van der Waals surface area contributed by atoms with E-state index in [1.54, 1.807) is 4.90 Å². The average Bonchev–Trinajstić information content (AvgIpc) is 2.88. The van der Waals surface area contributed by atoms with Crippen LogP contribution in [0.4, 0.5) is 0 Å². The second kappa shape index (κ2) is 10.2. The van der Waals surface area contributed by atoms with Crippen LogP contribution in [0.2, 0.25) is 0 Å². The molecule has 7 heteroatoms. The fourth-order valence-corrected chi connectivity index (χ4v) is 5.28. The molecule has 0 spiro atoms. The average molecular weight is 461 g/mol. The van der Waals surface area contributed by atoms with Crippen molar-refractivity contribution in [3.8, 4) is 0 Å². The van der Waals surface area contributed by atoms with Crippen molar-refractivity contribution in [2.24, 2.45) is 11.8 Å². The topological polar surface area (TPSA) is 115 Å². The normalized spacial score (nSPS) is 24.0. The highest BCUT2D eigenvalue weighted by atomic mass is 16.4. The molecule has 3 fully saturated rings.